The summed E-state index contributed by atoms with van der Waals surface area (Å²) in [5.41, 5.74) is -0.608. The molecule has 0 spiro atoms. The van der Waals surface area contributed by atoms with Gasteiger partial charge in [-0.05, 0) is 38.8 Å². The fourth-order valence-electron chi connectivity index (χ4n) is 1.61. The SMILES string of the molecule is CC(C)[C@H](NC(=O)OC(C)(C)C)C(=O)Nc1ccccn1. The Hall–Kier alpha value is -2.11. The van der Waals surface area contributed by atoms with E-state index in [1.54, 1.807) is 45.2 Å². The van der Waals surface area contributed by atoms with Crippen molar-refractivity contribution >= 4 is 17.8 Å². The first-order valence-corrected chi connectivity index (χ1v) is 6.90. The van der Waals surface area contributed by atoms with Gasteiger partial charge in [-0.25, -0.2) is 9.78 Å². The van der Waals surface area contributed by atoms with Crippen LogP contribution >= 0.6 is 0 Å². The second-order valence-corrected chi connectivity index (χ2v) is 6.07. The first-order valence-electron chi connectivity index (χ1n) is 6.90. The Morgan fingerprint density at radius 1 is 1.24 bits per heavy atom. The summed E-state index contributed by atoms with van der Waals surface area (Å²) in [6.07, 6.45) is 0.971. The summed E-state index contributed by atoms with van der Waals surface area (Å²) in [4.78, 5) is 28.1. The largest absolute Gasteiger partial charge is 0.444 e. The zero-order valence-corrected chi connectivity index (χ0v) is 13.1. The first kappa shape index (κ1) is 16.9. The third-order valence-corrected chi connectivity index (χ3v) is 2.54. The Bertz CT molecular complexity index is 481. The maximum atomic E-state index is 12.2. The van der Waals surface area contributed by atoms with E-state index in [0.29, 0.717) is 5.82 Å². The number of hydrogen-bond acceptors (Lipinski definition) is 4. The van der Waals surface area contributed by atoms with Gasteiger partial charge in [-0.3, -0.25) is 4.79 Å². The number of amides is 2. The van der Waals surface area contributed by atoms with E-state index < -0.39 is 17.7 Å². The third-order valence-electron chi connectivity index (χ3n) is 2.54. The topological polar surface area (TPSA) is 80.3 Å². The number of nitrogens with one attached hydrogen (secondary N) is 2. The number of aromatic nitrogens is 1. The lowest BCUT2D eigenvalue weighted by Crippen LogP contribution is -2.48. The van der Waals surface area contributed by atoms with E-state index in [-0.39, 0.29) is 11.8 Å². The second-order valence-electron chi connectivity index (χ2n) is 6.07. The summed E-state index contributed by atoms with van der Waals surface area (Å²) in [6, 6.07) is 4.52. The van der Waals surface area contributed by atoms with Gasteiger partial charge in [0.25, 0.3) is 0 Å². The van der Waals surface area contributed by atoms with Crippen molar-refractivity contribution in [1.82, 2.24) is 10.3 Å². The Kier molecular flexibility index (Phi) is 5.69. The van der Waals surface area contributed by atoms with Crippen LogP contribution in [0.4, 0.5) is 10.6 Å². The van der Waals surface area contributed by atoms with Gasteiger partial charge in [-0.15, -0.1) is 0 Å². The van der Waals surface area contributed by atoms with Crippen LogP contribution in [0.2, 0.25) is 0 Å². The zero-order chi connectivity index (χ0) is 16.0. The molecule has 6 nitrogen and oxygen atoms in total. The van der Waals surface area contributed by atoms with E-state index in [1.165, 1.54) is 0 Å². The summed E-state index contributed by atoms with van der Waals surface area (Å²) in [5.74, 6) is 0.0370. The Morgan fingerprint density at radius 3 is 2.38 bits per heavy atom. The van der Waals surface area contributed by atoms with E-state index in [4.69, 9.17) is 4.74 Å². The molecule has 0 radical (unpaired) electrons. The van der Waals surface area contributed by atoms with Gasteiger partial charge in [-0.1, -0.05) is 19.9 Å². The number of alkyl carbamates (subject to hydrolysis) is 1. The highest BCUT2D eigenvalue weighted by atomic mass is 16.6. The molecule has 0 aliphatic rings. The molecule has 1 aromatic heterocycles. The molecule has 0 bridgehead atoms. The molecule has 2 N–H and O–H groups in total. The number of hydrogen-bond donors (Lipinski definition) is 2. The van der Waals surface area contributed by atoms with E-state index >= 15 is 0 Å². The first-order chi connectivity index (χ1) is 9.69. The van der Waals surface area contributed by atoms with E-state index in [2.05, 4.69) is 15.6 Å². The normalized spacial score (nSPS) is 12.7. The molecule has 116 valence electrons. The van der Waals surface area contributed by atoms with Crippen LogP contribution in [0, 0.1) is 5.92 Å². The number of pyridine rings is 1. The van der Waals surface area contributed by atoms with E-state index in [1.807, 2.05) is 13.8 Å². The van der Waals surface area contributed by atoms with Crippen molar-refractivity contribution in [3.05, 3.63) is 24.4 Å². The van der Waals surface area contributed by atoms with Crippen molar-refractivity contribution in [1.29, 1.82) is 0 Å². The van der Waals surface area contributed by atoms with Crippen LogP contribution in [0.25, 0.3) is 0 Å². The van der Waals surface area contributed by atoms with Gasteiger partial charge in [0.15, 0.2) is 0 Å². The minimum absolute atomic E-state index is 0.0822. The van der Waals surface area contributed by atoms with Gasteiger partial charge in [0.2, 0.25) is 5.91 Å². The fourth-order valence-corrected chi connectivity index (χ4v) is 1.61. The van der Waals surface area contributed by atoms with Crippen LogP contribution in [-0.4, -0.2) is 28.6 Å². The molecule has 0 aromatic carbocycles. The third kappa shape index (κ3) is 6.25. The maximum Gasteiger partial charge on any atom is 0.408 e. The molecule has 1 aromatic rings. The van der Waals surface area contributed by atoms with Gasteiger partial charge in [0.1, 0.15) is 17.5 Å². The minimum Gasteiger partial charge on any atom is -0.444 e. The average Bonchev–Trinajstić information content (AvgIpc) is 2.34. The van der Waals surface area contributed by atoms with Crippen molar-refractivity contribution in [3.8, 4) is 0 Å². The van der Waals surface area contributed by atoms with Gasteiger partial charge in [-0.2, -0.15) is 0 Å². The van der Waals surface area contributed by atoms with Gasteiger partial charge >= 0.3 is 6.09 Å². The molecule has 0 saturated carbocycles. The smallest absolute Gasteiger partial charge is 0.408 e. The van der Waals surface area contributed by atoms with Crippen molar-refractivity contribution in [2.24, 2.45) is 5.92 Å². The molecule has 2 amide bonds. The number of anilines is 1. The number of carbonyl (C=O) groups is 2. The molecule has 6 heteroatoms. The molecule has 1 atom stereocenters. The van der Waals surface area contributed by atoms with Gasteiger partial charge in [0, 0.05) is 6.20 Å². The zero-order valence-electron chi connectivity index (χ0n) is 13.1. The van der Waals surface area contributed by atoms with Crippen LogP contribution < -0.4 is 10.6 Å². The highest BCUT2D eigenvalue weighted by molar-refractivity contribution is 5.96. The Labute approximate surface area is 125 Å². The summed E-state index contributed by atoms with van der Waals surface area (Å²) < 4.78 is 5.17. The number of nitrogens with zero attached hydrogens (tertiary/aromatic N) is 1. The molecule has 1 rings (SSSR count). The van der Waals surface area contributed by atoms with Crippen LogP contribution in [0.15, 0.2) is 24.4 Å². The number of carbonyl (C=O) groups excluding carboxylic acids is 2. The molecule has 1 heterocycles. The summed E-state index contributed by atoms with van der Waals surface area (Å²) >= 11 is 0. The number of rotatable bonds is 4. The van der Waals surface area contributed by atoms with Crippen molar-refractivity contribution in [2.45, 2.75) is 46.3 Å². The highest BCUT2D eigenvalue weighted by Gasteiger charge is 2.27. The molecular formula is C15H23N3O3. The summed E-state index contributed by atoms with van der Waals surface area (Å²) in [6.45, 7) is 9.00. The Morgan fingerprint density at radius 2 is 1.90 bits per heavy atom. The standard InChI is InChI=1S/C15H23N3O3/c1-10(2)12(18-14(20)21-15(3,4)5)13(19)17-11-8-6-7-9-16-11/h6-10,12H,1-5H3,(H,18,20)(H,16,17,19)/t12-/m0/s1. The quantitative estimate of drug-likeness (QED) is 0.894. The lowest BCUT2D eigenvalue weighted by Gasteiger charge is -2.25. The predicted molar refractivity (Wildman–Crippen MR) is 80.9 cm³/mol. The van der Waals surface area contributed by atoms with Crippen LogP contribution in [0.3, 0.4) is 0 Å². The molecule has 0 unspecified atom stereocenters. The van der Waals surface area contributed by atoms with Gasteiger partial charge in [0.05, 0.1) is 0 Å². The average molecular weight is 293 g/mol. The summed E-state index contributed by atoms with van der Waals surface area (Å²) in [7, 11) is 0. The highest BCUT2D eigenvalue weighted by Crippen LogP contribution is 2.10. The van der Waals surface area contributed by atoms with Crippen molar-refractivity contribution < 1.29 is 14.3 Å². The minimum atomic E-state index is -0.693. The molecule has 0 aliphatic carbocycles. The van der Waals surface area contributed by atoms with Crippen LogP contribution in [0.5, 0.6) is 0 Å². The lowest BCUT2D eigenvalue weighted by molar-refractivity contribution is -0.119. The molecule has 0 aliphatic heterocycles. The van der Waals surface area contributed by atoms with E-state index in [0.717, 1.165) is 0 Å². The monoisotopic (exact) mass is 293 g/mol. The summed E-state index contributed by atoms with van der Waals surface area (Å²) in [5, 5.41) is 5.26. The molecule has 0 saturated heterocycles. The fraction of sp³-hybridized carbons (Fsp3) is 0.533. The van der Waals surface area contributed by atoms with Crippen LogP contribution in [-0.2, 0) is 9.53 Å². The molecule has 21 heavy (non-hydrogen) atoms. The predicted octanol–water partition coefficient (Wildman–Crippen LogP) is 2.57. The lowest BCUT2D eigenvalue weighted by atomic mass is 10.0. The molecular weight excluding hydrogens is 270 g/mol. The second kappa shape index (κ2) is 7.06. The Balaban J connectivity index is 2.69. The maximum absolute atomic E-state index is 12.2. The van der Waals surface area contributed by atoms with Crippen LogP contribution in [0.1, 0.15) is 34.6 Å². The van der Waals surface area contributed by atoms with E-state index in [9.17, 15) is 9.59 Å². The molecule has 0 fully saturated rings. The van der Waals surface area contributed by atoms with Crippen molar-refractivity contribution in [3.63, 3.8) is 0 Å². The number of ether oxygens (including phenoxy) is 1. The van der Waals surface area contributed by atoms with Gasteiger partial charge < -0.3 is 15.4 Å². The van der Waals surface area contributed by atoms with Crippen molar-refractivity contribution in [2.75, 3.05) is 5.32 Å².